The Labute approximate surface area is 188 Å². The van der Waals surface area contributed by atoms with E-state index in [2.05, 4.69) is 21.9 Å². The molecule has 0 unspecified atom stereocenters. The minimum Gasteiger partial charge on any atom is -0.465 e. The van der Waals surface area contributed by atoms with Crippen molar-refractivity contribution in [1.82, 2.24) is 4.57 Å². The van der Waals surface area contributed by atoms with Gasteiger partial charge in [-0.1, -0.05) is 17.9 Å². The largest absolute Gasteiger partial charge is 0.573 e. The summed E-state index contributed by atoms with van der Waals surface area (Å²) in [5, 5.41) is 3.72. The van der Waals surface area contributed by atoms with Gasteiger partial charge in [-0.15, -0.1) is 13.2 Å². The van der Waals surface area contributed by atoms with E-state index in [0.29, 0.717) is 17.9 Å². The first kappa shape index (κ1) is 23.7. The zero-order valence-corrected chi connectivity index (χ0v) is 17.7. The normalized spacial score (nSPS) is 10.9. The van der Waals surface area contributed by atoms with E-state index < -0.39 is 6.36 Å². The summed E-state index contributed by atoms with van der Waals surface area (Å²) in [4.78, 5) is 24.0. The minimum absolute atomic E-state index is 0.0770. The first-order valence-electron chi connectivity index (χ1n) is 10.1. The number of carbonyl (C=O) groups is 2. The van der Waals surface area contributed by atoms with Gasteiger partial charge in [0.25, 0.3) is 0 Å². The maximum atomic E-state index is 12.2. The van der Waals surface area contributed by atoms with Crippen molar-refractivity contribution in [3.63, 3.8) is 0 Å². The Hall–Kier alpha value is -3.93. The molecule has 172 valence electrons. The number of benzene rings is 2. The number of hydrogen-bond acceptors (Lipinski definition) is 4. The molecule has 0 radical (unpaired) electrons. The molecule has 1 N–H and O–H groups in total. The summed E-state index contributed by atoms with van der Waals surface area (Å²) in [5.74, 6) is 4.72. The van der Waals surface area contributed by atoms with E-state index in [1.807, 2.05) is 12.1 Å². The van der Waals surface area contributed by atoms with Crippen LogP contribution in [0, 0.1) is 11.8 Å². The molecule has 0 spiro atoms. The van der Waals surface area contributed by atoms with Crippen LogP contribution in [0.5, 0.6) is 5.75 Å². The number of amides is 1. The zero-order chi connectivity index (χ0) is 23.8. The number of nitrogens with zero attached hydrogens (tertiary/aromatic N) is 1. The number of fused-ring (bicyclic) bond motifs is 1. The Balaban J connectivity index is 1.53. The summed E-state index contributed by atoms with van der Waals surface area (Å²) in [6.07, 6.45) is -2.54. The fourth-order valence-corrected chi connectivity index (χ4v) is 3.05. The number of nitrogens with one attached hydrogen (secondary N) is 1. The number of anilines is 1. The standard InChI is InChI=1S/C24H21F3N2O4/c1-2-32-23(31)16-29-14-13-18-9-10-19(15-21(18)29)28-22(30)6-4-3-5-17-7-11-20(12-8-17)33-24(25,26)27/h7-15H,2,4,6,16H2,1H3,(H,28,30). The smallest absolute Gasteiger partial charge is 0.465 e. The van der Waals surface area contributed by atoms with Crippen LogP contribution in [0.4, 0.5) is 18.9 Å². The lowest BCUT2D eigenvalue weighted by Gasteiger charge is -2.08. The molecule has 0 atom stereocenters. The Morgan fingerprint density at radius 2 is 1.85 bits per heavy atom. The van der Waals surface area contributed by atoms with Gasteiger partial charge in [-0.2, -0.15) is 0 Å². The molecular weight excluding hydrogens is 437 g/mol. The molecule has 0 bridgehead atoms. The fraction of sp³-hybridized carbons (Fsp3) is 0.250. The van der Waals surface area contributed by atoms with Gasteiger partial charge in [-0.25, -0.2) is 0 Å². The number of carbonyl (C=O) groups excluding carboxylic acids is 2. The van der Waals surface area contributed by atoms with Gasteiger partial charge >= 0.3 is 12.3 Å². The predicted molar refractivity (Wildman–Crippen MR) is 116 cm³/mol. The molecule has 3 aromatic rings. The lowest BCUT2D eigenvalue weighted by atomic mass is 10.2. The molecular formula is C24H21F3N2O4. The summed E-state index contributed by atoms with van der Waals surface area (Å²) < 4.78 is 47.0. The van der Waals surface area contributed by atoms with Crippen LogP contribution in [0.1, 0.15) is 25.3 Å². The highest BCUT2D eigenvalue weighted by Crippen LogP contribution is 2.23. The van der Waals surface area contributed by atoms with E-state index in [1.165, 1.54) is 24.3 Å². The summed E-state index contributed by atoms with van der Waals surface area (Å²) in [7, 11) is 0. The molecule has 0 aliphatic rings. The van der Waals surface area contributed by atoms with E-state index in [0.717, 1.165) is 10.9 Å². The van der Waals surface area contributed by atoms with Crippen LogP contribution in [0.15, 0.2) is 54.7 Å². The van der Waals surface area contributed by atoms with Gasteiger partial charge in [0.1, 0.15) is 12.3 Å². The molecule has 1 aromatic heterocycles. The number of ether oxygens (including phenoxy) is 2. The monoisotopic (exact) mass is 458 g/mol. The first-order chi connectivity index (χ1) is 15.7. The van der Waals surface area contributed by atoms with Crippen molar-refractivity contribution in [3.8, 4) is 17.6 Å². The van der Waals surface area contributed by atoms with E-state index in [1.54, 1.807) is 29.8 Å². The van der Waals surface area contributed by atoms with Crippen LogP contribution < -0.4 is 10.1 Å². The SMILES string of the molecule is CCOC(=O)Cn1ccc2ccc(NC(=O)CCC#Cc3ccc(OC(F)(F)F)cc3)cc21. The zero-order valence-electron chi connectivity index (χ0n) is 17.7. The van der Waals surface area contributed by atoms with Gasteiger partial charge in [-0.3, -0.25) is 9.59 Å². The third-order valence-electron chi connectivity index (χ3n) is 4.46. The Bertz CT molecular complexity index is 1190. The molecule has 0 aliphatic carbocycles. The molecule has 0 saturated carbocycles. The molecule has 2 aromatic carbocycles. The topological polar surface area (TPSA) is 69.6 Å². The van der Waals surface area contributed by atoms with Crippen LogP contribution in [0.3, 0.4) is 0 Å². The Morgan fingerprint density at radius 1 is 1.09 bits per heavy atom. The second-order valence-corrected chi connectivity index (χ2v) is 6.94. The second-order valence-electron chi connectivity index (χ2n) is 6.94. The Morgan fingerprint density at radius 3 is 2.55 bits per heavy atom. The van der Waals surface area contributed by atoms with Crippen molar-refractivity contribution >= 4 is 28.5 Å². The third kappa shape index (κ3) is 7.31. The molecule has 0 aliphatic heterocycles. The summed E-state index contributed by atoms with van der Waals surface area (Å²) >= 11 is 0. The first-order valence-corrected chi connectivity index (χ1v) is 10.1. The number of halogens is 3. The van der Waals surface area contributed by atoms with Crippen molar-refractivity contribution < 1.29 is 32.2 Å². The highest BCUT2D eigenvalue weighted by atomic mass is 19.4. The molecule has 1 amide bonds. The number of alkyl halides is 3. The highest BCUT2D eigenvalue weighted by Gasteiger charge is 2.30. The van der Waals surface area contributed by atoms with E-state index in [-0.39, 0.29) is 37.0 Å². The van der Waals surface area contributed by atoms with Crippen molar-refractivity contribution in [2.75, 3.05) is 11.9 Å². The second kappa shape index (κ2) is 10.6. The highest BCUT2D eigenvalue weighted by molar-refractivity contribution is 5.94. The molecule has 9 heteroatoms. The van der Waals surface area contributed by atoms with Crippen LogP contribution >= 0.6 is 0 Å². The average Bonchev–Trinajstić information content (AvgIpc) is 3.13. The van der Waals surface area contributed by atoms with Gasteiger partial charge in [0.05, 0.1) is 12.1 Å². The molecule has 6 nitrogen and oxygen atoms in total. The van der Waals surface area contributed by atoms with Crippen molar-refractivity contribution in [3.05, 3.63) is 60.3 Å². The van der Waals surface area contributed by atoms with Gasteiger partial charge in [0.2, 0.25) is 5.91 Å². The van der Waals surface area contributed by atoms with Crippen LogP contribution in [0.25, 0.3) is 10.9 Å². The van der Waals surface area contributed by atoms with Crippen molar-refractivity contribution in [1.29, 1.82) is 0 Å². The number of aromatic nitrogens is 1. The minimum atomic E-state index is -4.74. The number of hydrogen-bond donors (Lipinski definition) is 1. The quantitative estimate of drug-likeness (QED) is 0.405. The third-order valence-corrected chi connectivity index (χ3v) is 4.46. The Kier molecular flexibility index (Phi) is 7.61. The predicted octanol–water partition coefficient (Wildman–Crippen LogP) is 4.87. The van der Waals surface area contributed by atoms with Crippen molar-refractivity contribution in [2.45, 2.75) is 32.7 Å². The van der Waals surface area contributed by atoms with Crippen LogP contribution in [-0.4, -0.2) is 29.4 Å². The number of esters is 1. The summed E-state index contributed by atoms with van der Waals surface area (Å²) in [6, 6.07) is 12.4. The van der Waals surface area contributed by atoms with Crippen LogP contribution in [-0.2, 0) is 20.9 Å². The summed E-state index contributed by atoms with van der Waals surface area (Å²) in [6.45, 7) is 2.13. The van der Waals surface area contributed by atoms with Gasteiger partial charge in [-0.05, 0) is 54.8 Å². The van der Waals surface area contributed by atoms with Gasteiger partial charge < -0.3 is 19.4 Å². The lowest BCUT2D eigenvalue weighted by molar-refractivity contribution is -0.274. The molecule has 1 heterocycles. The number of rotatable bonds is 7. The van der Waals surface area contributed by atoms with Crippen molar-refractivity contribution in [2.24, 2.45) is 0 Å². The molecule has 3 rings (SSSR count). The summed E-state index contributed by atoms with van der Waals surface area (Å²) in [5.41, 5.74) is 1.89. The maximum Gasteiger partial charge on any atom is 0.573 e. The average molecular weight is 458 g/mol. The van der Waals surface area contributed by atoms with E-state index in [4.69, 9.17) is 4.74 Å². The van der Waals surface area contributed by atoms with E-state index in [9.17, 15) is 22.8 Å². The molecule has 0 fully saturated rings. The van der Waals surface area contributed by atoms with E-state index >= 15 is 0 Å². The maximum absolute atomic E-state index is 12.2. The molecule has 33 heavy (non-hydrogen) atoms. The molecule has 0 saturated heterocycles. The fourth-order valence-electron chi connectivity index (χ4n) is 3.05. The van der Waals surface area contributed by atoms with Gasteiger partial charge in [0, 0.05) is 30.3 Å². The van der Waals surface area contributed by atoms with Crippen LogP contribution in [0.2, 0.25) is 0 Å². The van der Waals surface area contributed by atoms with Gasteiger partial charge in [0.15, 0.2) is 0 Å². The lowest BCUT2D eigenvalue weighted by Crippen LogP contribution is -2.16.